The maximum atomic E-state index is 10.9. The van der Waals surface area contributed by atoms with Crippen LogP contribution in [-0.4, -0.2) is 34.7 Å². The number of carbonyl (C=O) groups is 2. The second-order valence-corrected chi connectivity index (χ2v) is 3.92. The van der Waals surface area contributed by atoms with Crippen molar-refractivity contribution in [2.75, 3.05) is 12.4 Å². The van der Waals surface area contributed by atoms with E-state index in [4.69, 9.17) is 9.84 Å². The number of carboxylic acid groups (broad SMARTS) is 1. The van der Waals surface area contributed by atoms with Crippen LogP contribution in [0.4, 0.5) is 0 Å². The van der Waals surface area contributed by atoms with Gasteiger partial charge >= 0.3 is 11.9 Å². The zero-order valence-electron chi connectivity index (χ0n) is 8.49. The van der Waals surface area contributed by atoms with E-state index in [0.717, 1.165) is 18.2 Å². The van der Waals surface area contributed by atoms with E-state index in [0.29, 0.717) is 13.0 Å². The molecule has 0 fully saturated rings. The van der Waals surface area contributed by atoms with Crippen molar-refractivity contribution in [3.63, 3.8) is 0 Å². The molecule has 0 saturated heterocycles. The highest BCUT2D eigenvalue weighted by Crippen LogP contribution is 2.16. The van der Waals surface area contributed by atoms with Crippen LogP contribution in [0.3, 0.4) is 0 Å². The molecule has 0 aliphatic carbocycles. The molecule has 0 aromatic carbocycles. The Balaban J connectivity index is 3.81. The first-order chi connectivity index (χ1) is 6.61. The lowest BCUT2D eigenvalue weighted by Gasteiger charge is -2.09. The summed E-state index contributed by atoms with van der Waals surface area (Å²) in [6.07, 6.45) is 1.38. The summed E-state index contributed by atoms with van der Waals surface area (Å²) in [6.45, 7) is 3.98. The molecule has 0 aliphatic heterocycles. The van der Waals surface area contributed by atoms with Gasteiger partial charge in [-0.15, -0.1) is 11.8 Å². The molecule has 0 amide bonds. The molecule has 1 unspecified atom stereocenters. The summed E-state index contributed by atoms with van der Waals surface area (Å²) in [5.41, 5.74) is 0. The highest BCUT2D eigenvalue weighted by atomic mass is 32.2. The van der Waals surface area contributed by atoms with E-state index >= 15 is 0 Å². The number of carboxylic acids is 1. The van der Waals surface area contributed by atoms with Gasteiger partial charge in [-0.2, -0.15) is 0 Å². The highest BCUT2D eigenvalue weighted by Gasteiger charge is 2.18. The lowest BCUT2D eigenvalue weighted by atomic mass is 10.2. The summed E-state index contributed by atoms with van der Waals surface area (Å²) < 4.78 is 4.70. The Morgan fingerprint density at radius 1 is 1.43 bits per heavy atom. The average molecular weight is 220 g/mol. The van der Waals surface area contributed by atoms with Crippen molar-refractivity contribution < 1.29 is 19.4 Å². The Morgan fingerprint density at radius 3 is 2.50 bits per heavy atom. The molecule has 14 heavy (non-hydrogen) atoms. The topological polar surface area (TPSA) is 63.6 Å². The zero-order valence-corrected chi connectivity index (χ0v) is 9.30. The van der Waals surface area contributed by atoms with Crippen LogP contribution >= 0.6 is 11.8 Å². The van der Waals surface area contributed by atoms with Gasteiger partial charge in [0.1, 0.15) is 5.25 Å². The third kappa shape index (κ3) is 5.85. The first-order valence-electron chi connectivity index (χ1n) is 4.61. The van der Waals surface area contributed by atoms with Crippen molar-refractivity contribution in [3.8, 4) is 0 Å². The molecule has 0 spiro atoms. The maximum absolute atomic E-state index is 10.9. The smallest absolute Gasteiger partial charge is 0.316 e. The Labute approximate surface area is 88.0 Å². The minimum absolute atomic E-state index is 0.116. The molecule has 0 heterocycles. The number of aliphatic carboxylic acids is 1. The predicted molar refractivity (Wildman–Crippen MR) is 55.4 cm³/mol. The molecule has 0 aromatic rings. The van der Waals surface area contributed by atoms with Gasteiger partial charge in [0.25, 0.3) is 0 Å². The Hall–Kier alpha value is -0.710. The van der Waals surface area contributed by atoms with Crippen molar-refractivity contribution >= 4 is 23.7 Å². The molecule has 0 rings (SSSR count). The standard InChI is InChI=1S/C9H16O4S/c1-3-5-7(9(11)12)14-6-8(10)13-4-2/h7H,3-6H2,1-2H3,(H,11,12). The van der Waals surface area contributed by atoms with Gasteiger partial charge < -0.3 is 9.84 Å². The van der Waals surface area contributed by atoms with E-state index in [2.05, 4.69) is 0 Å². The van der Waals surface area contributed by atoms with Gasteiger partial charge in [0, 0.05) is 0 Å². The molecule has 0 radical (unpaired) electrons. The molecule has 0 saturated carbocycles. The summed E-state index contributed by atoms with van der Waals surface area (Å²) in [6, 6.07) is 0. The first-order valence-corrected chi connectivity index (χ1v) is 5.66. The van der Waals surface area contributed by atoms with Gasteiger partial charge in [0.05, 0.1) is 12.4 Å². The molecule has 1 N–H and O–H groups in total. The number of ether oxygens (including phenoxy) is 1. The number of esters is 1. The lowest BCUT2D eigenvalue weighted by molar-refractivity contribution is -0.139. The molecule has 5 heteroatoms. The van der Waals surface area contributed by atoms with Crippen LogP contribution in [0, 0.1) is 0 Å². The van der Waals surface area contributed by atoms with E-state index < -0.39 is 11.2 Å². The van der Waals surface area contributed by atoms with Crippen molar-refractivity contribution in [1.82, 2.24) is 0 Å². The van der Waals surface area contributed by atoms with E-state index in [1.165, 1.54) is 0 Å². The van der Waals surface area contributed by atoms with Crippen LogP contribution in [0.1, 0.15) is 26.7 Å². The zero-order chi connectivity index (χ0) is 11.0. The summed E-state index contributed by atoms with van der Waals surface area (Å²) in [7, 11) is 0. The van der Waals surface area contributed by atoms with E-state index in [1.54, 1.807) is 6.92 Å². The molecule has 0 aliphatic rings. The van der Waals surface area contributed by atoms with Crippen molar-refractivity contribution in [2.45, 2.75) is 31.9 Å². The maximum Gasteiger partial charge on any atom is 0.316 e. The second kappa shape index (κ2) is 7.67. The fraction of sp³-hybridized carbons (Fsp3) is 0.778. The Bertz CT molecular complexity index is 193. The normalized spacial score (nSPS) is 12.1. The highest BCUT2D eigenvalue weighted by molar-refractivity contribution is 8.01. The lowest BCUT2D eigenvalue weighted by Crippen LogP contribution is -2.19. The SMILES string of the molecule is CCCC(SCC(=O)OCC)C(=O)O. The van der Waals surface area contributed by atoms with Crippen molar-refractivity contribution in [2.24, 2.45) is 0 Å². The largest absolute Gasteiger partial charge is 0.480 e. The monoisotopic (exact) mass is 220 g/mol. The van der Waals surface area contributed by atoms with Crippen LogP contribution in [-0.2, 0) is 14.3 Å². The fourth-order valence-corrected chi connectivity index (χ4v) is 1.88. The van der Waals surface area contributed by atoms with Crippen molar-refractivity contribution in [1.29, 1.82) is 0 Å². The van der Waals surface area contributed by atoms with Gasteiger partial charge in [0.15, 0.2) is 0 Å². The van der Waals surface area contributed by atoms with E-state index in [-0.39, 0.29) is 11.7 Å². The molecule has 0 aromatic heterocycles. The third-order valence-electron chi connectivity index (χ3n) is 1.53. The molecular formula is C9H16O4S. The van der Waals surface area contributed by atoms with Gasteiger partial charge in [-0.05, 0) is 13.3 Å². The number of thioether (sulfide) groups is 1. The van der Waals surface area contributed by atoms with Crippen LogP contribution in [0.2, 0.25) is 0 Å². The predicted octanol–water partition coefficient (Wildman–Crippen LogP) is 1.54. The van der Waals surface area contributed by atoms with Gasteiger partial charge in [-0.1, -0.05) is 13.3 Å². The summed E-state index contributed by atoms with van der Waals surface area (Å²) in [5, 5.41) is 8.28. The van der Waals surface area contributed by atoms with E-state index in [9.17, 15) is 9.59 Å². The van der Waals surface area contributed by atoms with Gasteiger partial charge in [-0.3, -0.25) is 9.59 Å². The van der Waals surface area contributed by atoms with E-state index in [1.807, 2.05) is 6.92 Å². The second-order valence-electron chi connectivity index (χ2n) is 2.73. The van der Waals surface area contributed by atoms with Crippen LogP contribution in [0.5, 0.6) is 0 Å². The number of rotatable bonds is 7. The van der Waals surface area contributed by atoms with Crippen LogP contribution < -0.4 is 0 Å². The van der Waals surface area contributed by atoms with Crippen molar-refractivity contribution in [3.05, 3.63) is 0 Å². The quantitative estimate of drug-likeness (QED) is 0.659. The third-order valence-corrected chi connectivity index (χ3v) is 2.78. The first kappa shape index (κ1) is 13.3. The molecule has 0 bridgehead atoms. The number of hydrogen-bond donors (Lipinski definition) is 1. The van der Waals surface area contributed by atoms with Gasteiger partial charge in [0.2, 0.25) is 0 Å². The molecule has 1 atom stereocenters. The average Bonchev–Trinajstić information content (AvgIpc) is 2.12. The van der Waals surface area contributed by atoms with Crippen LogP contribution in [0.25, 0.3) is 0 Å². The summed E-state index contributed by atoms with van der Waals surface area (Å²) in [5.74, 6) is -1.09. The summed E-state index contributed by atoms with van der Waals surface area (Å²) >= 11 is 1.13. The van der Waals surface area contributed by atoms with Crippen LogP contribution in [0.15, 0.2) is 0 Å². The minimum atomic E-state index is -0.860. The Kier molecular flexibility index (Phi) is 7.28. The fourth-order valence-electron chi connectivity index (χ4n) is 0.912. The van der Waals surface area contributed by atoms with Gasteiger partial charge in [-0.25, -0.2) is 0 Å². The molecular weight excluding hydrogens is 204 g/mol. The minimum Gasteiger partial charge on any atom is -0.480 e. The summed E-state index contributed by atoms with van der Waals surface area (Å²) in [4.78, 5) is 21.6. The number of carbonyl (C=O) groups excluding carboxylic acids is 1. The Morgan fingerprint density at radius 2 is 2.07 bits per heavy atom. The molecule has 4 nitrogen and oxygen atoms in total. The number of hydrogen-bond acceptors (Lipinski definition) is 4. The molecule has 82 valence electrons.